The summed E-state index contributed by atoms with van der Waals surface area (Å²) in [6.45, 7) is 4.23. The summed E-state index contributed by atoms with van der Waals surface area (Å²) in [6, 6.07) is 7.11. The van der Waals surface area contributed by atoms with Gasteiger partial charge in [0.1, 0.15) is 41.5 Å². The third kappa shape index (κ3) is 4.60. The summed E-state index contributed by atoms with van der Waals surface area (Å²) in [6.07, 6.45) is 7.17. The zero-order valence-corrected chi connectivity index (χ0v) is 17.9. The lowest BCUT2D eigenvalue weighted by atomic mass is 10.0. The van der Waals surface area contributed by atoms with E-state index in [1.165, 1.54) is 13.5 Å². The Labute approximate surface area is 181 Å². The fraction of sp³-hybridized carbons (Fsp3) is 0.364. The lowest BCUT2D eigenvalue weighted by Crippen LogP contribution is -2.34. The van der Waals surface area contributed by atoms with Crippen molar-refractivity contribution >= 4 is 17.4 Å². The minimum absolute atomic E-state index is 0.268. The van der Waals surface area contributed by atoms with E-state index in [2.05, 4.69) is 32.1 Å². The van der Waals surface area contributed by atoms with Crippen LogP contribution in [0, 0.1) is 5.92 Å². The zero-order chi connectivity index (χ0) is 21.8. The first-order valence-electron chi connectivity index (χ1n) is 10.2. The number of hydrogen-bond acceptors (Lipinski definition) is 7. The van der Waals surface area contributed by atoms with E-state index in [1.54, 1.807) is 48.7 Å². The molecule has 1 saturated heterocycles. The minimum atomic E-state index is -0.346. The van der Waals surface area contributed by atoms with Gasteiger partial charge in [-0.3, -0.25) is 9.36 Å². The summed E-state index contributed by atoms with van der Waals surface area (Å²) in [4.78, 5) is 28.0. The molecule has 162 valence electrons. The number of imidazole rings is 1. The molecule has 1 aliphatic rings. The van der Waals surface area contributed by atoms with Crippen molar-refractivity contribution in [2.24, 2.45) is 5.92 Å². The molecule has 0 radical (unpaired) electrons. The molecule has 9 nitrogen and oxygen atoms in total. The van der Waals surface area contributed by atoms with E-state index >= 15 is 0 Å². The SMILES string of the molecule is COc1ccc(NC(=O)c2cn(-c3cc(N4CCC[C@@H](C)C4)ncn3)cn2)c(OC)c1. The van der Waals surface area contributed by atoms with E-state index in [1.807, 2.05) is 6.07 Å². The lowest BCUT2D eigenvalue weighted by molar-refractivity contribution is 0.102. The monoisotopic (exact) mass is 422 g/mol. The Kier molecular flexibility index (Phi) is 6.01. The van der Waals surface area contributed by atoms with Crippen LogP contribution in [0.25, 0.3) is 5.82 Å². The second-order valence-corrected chi connectivity index (χ2v) is 7.61. The van der Waals surface area contributed by atoms with Gasteiger partial charge in [-0.2, -0.15) is 0 Å². The molecule has 4 rings (SSSR count). The Balaban J connectivity index is 1.51. The van der Waals surface area contributed by atoms with Gasteiger partial charge in [0, 0.05) is 31.4 Å². The van der Waals surface area contributed by atoms with E-state index in [-0.39, 0.29) is 11.6 Å². The van der Waals surface area contributed by atoms with Crippen LogP contribution in [0.3, 0.4) is 0 Å². The maximum atomic E-state index is 12.7. The first-order valence-corrected chi connectivity index (χ1v) is 10.2. The molecule has 2 aromatic heterocycles. The second-order valence-electron chi connectivity index (χ2n) is 7.61. The van der Waals surface area contributed by atoms with Crippen LogP contribution in [0.15, 0.2) is 43.1 Å². The van der Waals surface area contributed by atoms with E-state index in [0.29, 0.717) is 28.9 Å². The predicted molar refractivity (Wildman–Crippen MR) is 117 cm³/mol. The quantitative estimate of drug-likeness (QED) is 0.652. The number of piperidine rings is 1. The van der Waals surface area contributed by atoms with Gasteiger partial charge in [-0.15, -0.1) is 0 Å². The molecule has 0 bridgehead atoms. The minimum Gasteiger partial charge on any atom is -0.497 e. The van der Waals surface area contributed by atoms with Crippen LogP contribution in [0.2, 0.25) is 0 Å². The van der Waals surface area contributed by atoms with Crippen molar-refractivity contribution in [3.8, 4) is 17.3 Å². The summed E-state index contributed by atoms with van der Waals surface area (Å²) < 4.78 is 12.2. The number of benzene rings is 1. The van der Waals surface area contributed by atoms with Crippen molar-refractivity contribution < 1.29 is 14.3 Å². The Hall–Kier alpha value is -3.62. The molecule has 1 atom stereocenters. The number of carbonyl (C=O) groups is 1. The van der Waals surface area contributed by atoms with Gasteiger partial charge in [0.15, 0.2) is 0 Å². The van der Waals surface area contributed by atoms with Gasteiger partial charge in [-0.1, -0.05) is 6.92 Å². The summed E-state index contributed by atoms with van der Waals surface area (Å²) >= 11 is 0. The van der Waals surface area contributed by atoms with Crippen molar-refractivity contribution in [2.75, 3.05) is 37.5 Å². The van der Waals surface area contributed by atoms with Crippen LogP contribution in [0.4, 0.5) is 11.5 Å². The Morgan fingerprint density at radius 2 is 1.97 bits per heavy atom. The van der Waals surface area contributed by atoms with Gasteiger partial charge in [-0.25, -0.2) is 15.0 Å². The smallest absolute Gasteiger partial charge is 0.275 e. The molecule has 1 amide bonds. The number of aromatic nitrogens is 4. The van der Waals surface area contributed by atoms with E-state index in [0.717, 1.165) is 25.3 Å². The highest BCUT2D eigenvalue weighted by Crippen LogP contribution is 2.29. The number of carbonyl (C=O) groups excluding carboxylic acids is 1. The average molecular weight is 422 g/mol. The molecule has 3 aromatic rings. The highest BCUT2D eigenvalue weighted by atomic mass is 16.5. The largest absolute Gasteiger partial charge is 0.497 e. The molecule has 1 N–H and O–H groups in total. The molecule has 3 heterocycles. The van der Waals surface area contributed by atoms with Crippen LogP contribution >= 0.6 is 0 Å². The van der Waals surface area contributed by atoms with Crippen molar-refractivity contribution in [3.63, 3.8) is 0 Å². The fourth-order valence-corrected chi connectivity index (χ4v) is 3.70. The number of amides is 1. The molecule has 0 spiro atoms. The third-order valence-electron chi connectivity index (χ3n) is 5.36. The van der Waals surface area contributed by atoms with Gasteiger partial charge >= 0.3 is 0 Å². The van der Waals surface area contributed by atoms with Crippen molar-refractivity contribution in [2.45, 2.75) is 19.8 Å². The van der Waals surface area contributed by atoms with E-state index in [4.69, 9.17) is 9.47 Å². The molecule has 1 aliphatic heterocycles. The normalized spacial score (nSPS) is 16.1. The summed E-state index contributed by atoms with van der Waals surface area (Å²) in [5.74, 6) is 2.99. The van der Waals surface area contributed by atoms with Crippen molar-refractivity contribution in [3.05, 3.63) is 48.8 Å². The molecule has 9 heteroatoms. The first-order chi connectivity index (χ1) is 15.1. The fourth-order valence-electron chi connectivity index (χ4n) is 3.70. The topological polar surface area (TPSA) is 94.4 Å². The second kappa shape index (κ2) is 9.03. The molecule has 0 unspecified atom stereocenters. The van der Waals surface area contributed by atoms with Crippen LogP contribution < -0.4 is 19.7 Å². The third-order valence-corrected chi connectivity index (χ3v) is 5.36. The predicted octanol–water partition coefficient (Wildman–Crippen LogP) is 3.17. The first kappa shape index (κ1) is 20.6. The maximum absolute atomic E-state index is 12.7. The van der Waals surface area contributed by atoms with Crippen LogP contribution in [0.1, 0.15) is 30.3 Å². The molecule has 31 heavy (non-hydrogen) atoms. The molecular formula is C22H26N6O3. The van der Waals surface area contributed by atoms with E-state index in [9.17, 15) is 4.79 Å². The van der Waals surface area contributed by atoms with Crippen LogP contribution in [-0.2, 0) is 0 Å². The van der Waals surface area contributed by atoms with E-state index < -0.39 is 0 Å². The Morgan fingerprint density at radius 1 is 1.13 bits per heavy atom. The summed E-state index contributed by atoms with van der Waals surface area (Å²) in [5.41, 5.74) is 0.802. The number of ether oxygens (including phenoxy) is 2. The Bertz CT molecular complexity index is 1070. The molecule has 1 aromatic carbocycles. The summed E-state index contributed by atoms with van der Waals surface area (Å²) in [5, 5.41) is 2.83. The average Bonchev–Trinajstić information content (AvgIpc) is 3.30. The number of nitrogens with zero attached hydrogens (tertiary/aromatic N) is 5. The standard InChI is InChI=1S/C22H26N6O3/c1-15-5-4-8-27(11-15)20-10-21(24-13-23-20)28-12-18(25-14-28)22(29)26-17-7-6-16(30-2)9-19(17)31-3/h6-7,9-10,12-15H,4-5,8,11H2,1-3H3,(H,26,29)/t15-/m1/s1. The highest BCUT2D eigenvalue weighted by Gasteiger charge is 2.19. The van der Waals surface area contributed by atoms with Gasteiger partial charge < -0.3 is 19.7 Å². The summed E-state index contributed by atoms with van der Waals surface area (Å²) in [7, 11) is 3.11. The molecular weight excluding hydrogens is 396 g/mol. The van der Waals surface area contributed by atoms with Crippen LogP contribution in [-0.4, -0.2) is 52.7 Å². The Morgan fingerprint density at radius 3 is 2.74 bits per heavy atom. The molecule has 0 aliphatic carbocycles. The molecule has 1 fully saturated rings. The lowest BCUT2D eigenvalue weighted by Gasteiger charge is -2.31. The highest BCUT2D eigenvalue weighted by molar-refractivity contribution is 6.03. The molecule has 0 saturated carbocycles. The van der Waals surface area contributed by atoms with Gasteiger partial charge in [0.05, 0.1) is 19.9 Å². The maximum Gasteiger partial charge on any atom is 0.275 e. The van der Waals surface area contributed by atoms with Gasteiger partial charge in [0.25, 0.3) is 5.91 Å². The van der Waals surface area contributed by atoms with Gasteiger partial charge in [0.2, 0.25) is 0 Å². The number of nitrogens with one attached hydrogen (secondary N) is 1. The number of anilines is 2. The van der Waals surface area contributed by atoms with Crippen molar-refractivity contribution in [1.82, 2.24) is 19.5 Å². The number of methoxy groups -OCH3 is 2. The van der Waals surface area contributed by atoms with Crippen molar-refractivity contribution in [1.29, 1.82) is 0 Å². The number of hydrogen-bond donors (Lipinski definition) is 1. The van der Waals surface area contributed by atoms with Gasteiger partial charge in [-0.05, 0) is 30.9 Å². The zero-order valence-electron chi connectivity index (χ0n) is 17.9. The number of rotatable bonds is 6. The van der Waals surface area contributed by atoms with Crippen LogP contribution in [0.5, 0.6) is 11.5 Å².